The van der Waals surface area contributed by atoms with E-state index in [2.05, 4.69) is 46.6 Å². The van der Waals surface area contributed by atoms with Gasteiger partial charge in [-0.1, -0.05) is 30.3 Å². The van der Waals surface area contributed by atoms with Crippen LogP contribution in [0.15, 0.2) is 48.5 Å². The second kappa shape index (κ2) is 7.72. The van der Waals surface area contributed by atoms with Crippen LogP contribution in [0.3, 0.4) is 0 Å². The van der Waals surface area contributed by atoms with Gasteiger partial charge in [-0.05, 0) is 44.6 Å². The van der Waals surface area contributed by atoms with Crippen LogP contribution in [0.25, 0.3) is 22.8 Å². The molecular formula is C17H16N10O. The van der Waals surface area contributed by atoms with Gasteiger partial charge in [0.15, 0.2) is 11.6 Å². The number of nitrogens with two attached hydrogens (primary N) is 1. The fraction of sp³-hybridized carbons (Fsp3) is 0.118. The maximum absolute atomic E-state index is 12.9. The van der Waals surface area contributed by atoms with Crippen molar-refractivity contribution in [3.05, 3.63) is 54.1 Å². The first-order valence-electron chi connectivity index (χ1n) is 8.44. The summed E-state index contributed by atoms with van der Waals surface area (Å²) in [5.41, 5.74) is 8.57. The second-order valence-corrected chi connectivity index (χ2v) is 5.99. The highest BCUT2D eigenvalue weighted by atomic mass is 16.1. The third kappa shape index (κ3) is 3.59. The molecule has 0 spiro atoms. The van der Waals surface area contributed by atoms with Crippen molar-refractivity contribution in [1.82, 2.24) is 41.2 Å². The molecule has 0 saturated heterocycles. The van der Waals surface area contributed by atoms with Crippen molar-refractivity contribution in [3.63, 3.8) is 0 Å². The lowest BCUT2D eigenvalue weighted by Crippen LogP contribution is -2.27. The van der Waals surface area contributed by atoms with Crippen LogP contribution in [0.1, 0.15) is 11.5 Å². The fourth-order valence-electron chi connectivity index (χ4n) is 2.85. The number of carbonyl (C=O) groups excluding carboxylic acids is 1. The molecule has 28 heavy (non-hydrogen) atoms. The van der Waals surface area contributed by atoms with Gasteiger partial charge >= 0.3 is 0 Å². The number of H-pyrrole nitrogens is 2. The average molecular weight is 376 g/mol. The number of amides is 1. The van der Waals surface area contributed by atoms with E-state index in [4.69, 9.17) is 5.73 Å². The first-order chi connectivity index (χ1) is 13.7. The molecule has 140 valence electrons. The van der Waals surface area contributed by atoms with Crippen molar-refractivity contribution in [2.24, 2.45) is 5.73 Å². The van der Waals surface area contributed by atoms with Crippen LogP contribution in [0.5, 0.6) is 0 Å². The molecule has 1 atom stereocenters. The fourth-order valence-corrected chi connectivity index (χ4v) is 2.85. The highest BCUT2D eigenvalue weighted by Gasteiger charge is 2.20. The van der Waals surface area contributed by atoms with Gasteiger partial charge in [0, 0.05) is 23.4 Å². The van der Waals surface area contributed by atoms with Crippen LogP contribution < -0.4 is 11.1 Å². The van der Waals surface area contributed by atoms with Gasteiger partial charge < -0.3 is 11.1 Å². The molecule has 1 unspecified atom stereocenters. The predicted molar refractivity (Wildman–Crippen MR) is 99.7 cm³/mol. The van der Waals surface area contributed by atoms with Gasteiger partial charge in [-0.25, -0.2) is 10.2 Å². The lowest BCUT2D eigenvalue weighted by atomic mass is 9.98. The minimum absolute atomic E-state index is 0.181. The zero-order chi connectivity index (χ0) is 19.3. The quantitative estimate of drug-likeness (QED) is 0.382. The zero-order valence-electron chi connectivity index (χ0n) is 14.6. The number of tetrazole rings is 2. The summed E-state index contributed by atoms with van der Waals surface area (Å²) in [5, 5.41) is 30.5. The Labute approximate surface area is 158 Å². The maximum atomic E-state index is 12.9. The van der Waals surface area contributed by atoms with E-state index in [-0.39, 0.29) is 12.5 Å². The average Bonchev–Trinajstić information content (AvgIpc) is 3.43. The number of aromatic nitrogens is 8. The Bertz CT molecular complexity index is 995. The van der Waals surface area contributed by atoms with E-state index in [9.17, 15) is 4.79 Å². The number of anilines is 1. The van der Waals surface area contributed by atoms with E-state index in [1.54, 1.807) is 18.2 Å². The molecule has 1 amide bonds. The second-order valence-electron chi connectivity index (χ2n) is 5.99. The highest BCUT2D eigenvalue weighted by molar-refractivity contribution is 5.97. The summed E-state index contributed by atoms with van der Waals surface area (Å²) in [5.74, 6) is 0.196. The third-order valence-corrected chi connectivity index (χ3v) is 4.19. The topological polar surface area (TPSA) is 164 Å². The molecule has 2 heterocycles. The Morgan fingerprint density at radius 2 is 1.57 bits per heavy atom. The van der Waals surface area contributed by atoms with E-state index in [0.717, 1.165) is 5.56 Å². The summed E-state index contributed by atoms with van der Waals surface area (Å²) in [4.78, 5) is 12.9. The number of aromatic amines is 2. The highest BCUT2D eigenvalue weighted by Crippen LogP contribution is 2.27. The normalized spacial score (nSPS) is 11.9. The van der Waals surface area contributed by atoms with Gasteiger partial charge in [-0.15, -0.1) is 10.2 Å². The van der Waals surface area contributed by atoms with Crippen molar-refractivity contribution in [2.75, 3.05) is 11.9 Å². The van der Waals surface area contributed by atoms with Crippen molar-refractivity contribution >= 4 is 11.6 Å². The number of hydrogen-bond acceptors (Lipinski definition) is 8. The number of nitrogens with one attached hydrogen (secondary N) is 3. The van der Waals surface area contributed by atoms with E-state index in [1.165, 1.54) is 0 Å². The van der Waals surface area contributed by atoms with Gasteiger partial charge in [-0.2, -0.15) is 0 Å². The van der Waals surface area contributed by atoms with Crippen LogP contribution in [0.2, 0.25) is 0 Å². The number of nitrogens with zero attached hydrogens (tertiary/aromatic N) is 6. The molecule has 5 N–H and O–H groups in total. The molecule has 0 bridgehead atoms. The van der Waals surface area contributed by atoms with E-state index >= 15 is 0 Å². The Morgan fingerprint density at radius 1 is 0.964 bits per heavy atom. The van der Waals surface area contributed by atoms with Crippen LogP contribution >= 0.6 is 0 Å². The van der Waals surface area contributed by atoms with Gasteiger partial charge in [0.25, 0.3) is 0 Å². The minimum Gasteiger partial charge on any atom is -0.329 e. The van der Waals surface area contributed by atoms with Crippen LogP contribution in [0.4, 0.5) is 5.69 Å². The van der Waals surface area contributed by atoms with Gasteiger partial charge in [0.2, 0.25) is 5.91 Å². The molecule has 4 rings (SSSR count). The summed E-state index contributed by atoms with van der Waals surface area (Å²) >= 11 is 0. The van der Waals surface area contributed by atoms with Crippen LogP contribution in [0, 0.1) is 0 Å². The predicted octanol–water partition coefficient (Wildman–Crippen LogP) is 0.728. The Kier molecular flexibility index (Phi) is 4.80. The summed E-state index contributed by atoms with van der Waals surface area (Å²) in [6, 6.07) is 14.7. The van der Waals surface area contributed by atoms with Gasteiger partial charge in [0.05, 0.1) is 5.92 Å². The summed E-state index contributed by atoms with van der Waals surface area (Å²) in [7, 11) is 0. The molecule has 0 aliphatic carbocycles. The summed E-state index contributed by atoms with van der Waals surface area (Å²) < 4.78 is 0. The molecule has 0 fully saturated rings. The first kappa shape index (κ1) is 17.4. The van der Waals surface area contributed by atoms with Crippen molar-refractivity contribution in [3.8, 4) is 22.8 Å². The molecule has 0 radical (unpaired) electrons. The SMILES string of the molecule is NCC(C(=O)Nc1cc(-c2nnn[nH]2)cc(-c2nnn[nH]2)c1)c1ccccc1. The summed E-state index contributed by atoms with van der Waals surface area (Å²) in [6.45, 7) is 0.181. The molecular weight excluding hydrogens is 360 g/mol. The molecule has 0 saturated carbocycles. The lowest BCUT2D eigenvalue weighted by Gasteiger charge is -2.16. The van der Waals surface area contributed by atoms with Gasteiger partial charge in [-0.3, -0.25) is 4.79 Å². The van der Waals surface area contributed by atoms with Crippen LogP contribution in [-0.2, 0) is 4.79 Å². The van der Waals surface area contributed by atoms with E-state index in [0.29, 0.717) is 28.5 Å². The molecule has 2 aromatic carbocycles. The number of rotatable bonds is 6. The minimum atomic E-state index is -0.479. The maximum Gasteiger partial charge on any atom is 0.233 e. The first-order valence-corrected chi connectivity index (χ1v) is 8.44. The Balaban J connectivity index is 1.67. The number of hydrogen-bond donors (Lipinski definition) is 4. The van der Waals surface area contributed by atoms with Crippen LogP contribution in [-0.4, -0.2) is 53.7 Å². The molecule has 0 aliphatic rings. The lowest BCUT2D eigenvalue weighted by molar-refractivity contribution is -0.117. The van der Waals surface area contributed by atoms with E-state index < -0.39 is 5.92 Å². The molecule has 4 aromatic rings. The van der Waals surface area contributed by atoms with Crippen molar-refractivity contribution in [2.45, 2.75) is 5.92 Å². The molecule has 0 aliphatic heterocycles. The largest absolute Gasteiger partial charge is 0.329 e. The summed E-state index contributed by atoms with van der Waals surface area (Å²) in [6.07, 6.45) is 0. The molecule has 11 heteroatoms. The van der Waals surface area contributed by atoms with Crippen molar-refractivity contribution in [1.29, 1.82) is 0 Å². The number of benzene rings is 2. The Hall–Kier alpha value is -3.99. The van der Waals surface area contributed by atoms with Crippen molar-refractivity contribution < 1.29 is 4.79 Å². The van der Waals surface area contributed by atoms with Gasteiger partial charge in [0.1, 0.15) is 0 Å². The number of carbonyl (C=O) groups is 1. The third-order valence-electron chi connectivity index (χ3n) is 4.19. The Morgan fingerprint density at radius 3 is 2.07 bits per heavy atom. The van der Waals surface area contributed by atoms with E-state index in [1.807, 2.05) is 30.3 Å². The monoisotopic (exact) mass is 376 g/mol. The molecule has 2 aromatic heterocycles. The smallest absolute Gasteiger partial charge is 0.233 e. The standard InChI is InChI=1S/C17H16N10O/c18-9-14(10-4-2-1-3-5-10)17(28)19-13-7-11(15-20-24-25-21-15)6-12(8-13)16-22-26-27-23-16/h1-8,14H,9,18H2,(H,19,28)(H,20,21,24,25)(H,22,23,26,27). The molecule has 11 nitrogen and oxygen atoms in total. The zero-order valence-corrected chi connectivity index (χ0v) is 14.6.